The molecule has 0 radical (unpaired) electrons. The first-order valence-corrected chi connectivity index (χ1v) is 7.65. The molecule has 6 nitrogen and oxygen atoms in total. The van der Waals surface area contributed by atoms with Gasteiger partial charge < -0.3 is 5.73 Å². The van der Waals surface area contributed by atoms with Gasteiger partial charge in [0.05, 0.1) is 11.9 Å². The van der Waals surface area contributed by atoms with Crippen LogP contribution in [0.25, 0.3) is 0 Å². The molecule has 1 aromatic heterocycles. The highest BCUT2D eigenvalue weighted by Gasteiger charge is 2.21. The van der Waals surface area contributed by atoms with Crippen LogP contribution in [0.15, 0.2) is 23.2 Å². The Balaban J connectivity index is 2.32. The molecule has 0 saturated heterocycles. The molecule has 0 saturated carbocycles. The van der Waals surface area contributed by atoms with Gasteiger partial charge in [0.15, 0.2) is 0 Å². The minimum atomic E-state index is -3.65. The normalized spacial score (nSPS) is 11.8. The van der Waals surface area contributed by atoms with Crippen LogP contribution in [0.3, 0.4) is 0 Å². The smallest absolute Gasteiger partial charge is 0.243 e. The Kier molecular flexibility index (Phi) is 3.82. The summed E-state index contributed by atoms with van der Waals surface area (Å²) in [6.45, 7) is 5.62. The van der Waals surface area contributed by atoms with Crippen LogP contribution >= 0.6 is 0 Å². The summed E-state index contributed by atoms with van der Waals surface area (Å²) in [5.41, 5.74) is 9.27. The fourth-order valence-electron chi connectivity index (χ4n) is 1.97. The predicted octanol–water partition coefficient (Wildman–Crippen LogP) is 1.40. The molecule has 0 aliphatic rings. The summed E-state index contributed by atoms with van der Waals surface area (Å²) in [4.78, 5) is 0.152. The molecular weight excluding hydrogens is 276 g/mol. The maximum Gasteiger partial charge on any atom is 0.243 e. The SMILES string of the molecule is Cc1ccc(N)c(S(=O)(=O)NCc2cn[nH]c2C)c1C. The molecule has 2 rings (SSSR count). The molecule has 0 fully saturated rings. The summed E-state index contributed by atoms with van der Waals surface area (Å²) in [5.74, 6) is 0. The van der Waals surface area contributed by atoms with E-state index in [9.17, 15) is 8.42 Å². The Morgan fingerprint density at radius 2 is 2.00 bits per heavy atom. The van der Waals surface area contributed by atoms with E-state index in [0.29, 0.717) is 5.56 Å². The van der Waals surface area contributed by atoms with Crippen LogP contribution in [0.5, 0.6) is 0 Å². The molecule has 0 aliphatic carbocycles. The van der Waals surface area contributed by atoms with Gasteiger partial charge in [-0.15, -0.1) is 0 Å². The quantitative estimate of drug-likeness (QED) is 0.742. The van der Waals surface area contributed by atoms with E-state index < -0.39 is 10.0 Å². The van der Waals surface area contributed by atoms with Crippen LogP contribution in [0.4, 0.5) is 5.69 Å². The Hall–Kier alpha value is -1.86. The Morgan fingerprint density at radius 1 is 1.30 bits per heavy atom. The zero-order chi connectivity index (χ0) is 14.9. The van der Waals surface area contributed by atoms with Gasteiger partial charge in [-0.1, -0.05) is 6.07 Å². The fraction of sp³-hybridized carbons (Fsp3) is 0.308. The van der Waals surface area contributed by atoms with Gasteiger partial charge in [0, 0.05) is 17.8 Å². The largest absolute Gasteiger partial charge is 0.398 e. The van der Waals surface area contributed by atoms with E-state index in [-0.39, 0.29) is 17.1 Å². The van der Waals surface area contributed by atoms with Gasteiger partial charge in [-0.2, -0.15) is 5.10 Å². The highest BCUT2D eigenvalue weighted by Crippen LogP contribution is 2.25. The molecule has 0 aliphatic heterocycles. The highest BCUT2D eigenvalue weighted by molar-refractivity contribution is 7.89. The van der Waals surface area contributed by atoms with Gasteiger partial charge in [-0.25, -0.2) is 13.1 Å². The molecule has 0 bridgehead atoms. The highest BCUT2D eigenvalue weighted by atomic mass is 32.2. The number of benzene rings is 1. The third kappa shape index (κ3) is 2.68. The lowest BCUT2D eigenvalue weighted by Gasteiger charge is -2.13. The van der Waals surface area contributed by atoms with Crippen LogP contribution in [0, 0.1) is 20.8 Å². The van der Waals surface area contributed by atoms with E-state index in [2.05, 4.69) is 14.9 Å². The van der Waals surface area contributed by atoms with Crippen LogP contribution in [0.1, 0.15) is 22.4 Å². The van der Waals surface area contributed by atoms with Crippen LogP contribution in [0.2, 0.25) is 0 Å². The van der Waals surface area contributed by atoms with Crippen molar-refractivity contribution in [3.05, 3.63) is 40.7 Å². The minimum Gasteiger partial charge on any atom is -0.398 e. The van der Waals surface area contributed by atoms with Gasteiger partial charge >= 0.3 is 0 Å². The molecule has 1 heterocycles. The van der Waals surface area contributed by atoms with Crippen molar-refractivity contribution < 1.29 is 8.42 Å². The summed E-state index contributed by atoms with van der Waals surface area (Å²) in [6.07, 6.45) is 1.60. The van der Waals surface area contributed by atoms with Crippen molar-refractivity contribution in [3.8, 4) is 0 Å². The van der Waals surface area contributed by atoms with E-state index in [1.165, 1.54) is 0 Å². The molecule has 0 amide bonds. The number of hydrogen-bond acceptors (Lipinski definition) is 4. The average molecular weight is 294 g/mol. The molecule has 0 spiro atoms. The summed E-state index contributed by atoms with van der Waals surface area (Å²) in [7, 11) is -3.65. The van der Waals surface area contributed by atoms with Crippen molar-refractivity contribution in [2.24, 2.45) is 0 Å². The molecule has 1 aromatic carbocycles. The van der Waals surface area contributed by atoms with Gasteiger partial charge in [-0.05, 0) is 38.0 Å². The Morgan fingerprint density at radius 3 is 2.60 bits per heavy atom. The van der Waals surface area contributed by atoms with Crippen LogP contribution < -0.4 is 10.5 Å². The van der Waals surface area contributed by atoms with Crippen molar-refractivity contribution in [2.45, 2.75) is 32.2 Å². The van der Waals surface area contributed by atoms with Crippen molar-refractivity contribution in [1.82, 2.24) is 14.9 Å². The molecule has 4 N–H and O–H groups in total. The number of nitrogens with two attached hydrogens (primary N) is 1. The maximum atomic E-state index is 12.4. The molecular formula is C13H18N4O2S. The maximum absolute atomic E-state index is 12.4. The summed E-state index contributed by atoms with van der Waals surface area (Å²) >= 11 is 0. The molecule has 108 valence electrons. The second-order valence-corrected chi connectivity index (χ2v) is 6.47. The molecule has 2 aromatic rings. The number of aryl methyl sites for hydroxylation is 2. The number of anilines is 1. The molecule has 7 heteroatoms. The number of nitrogen functional groups attached to an aromatic ring is 1. The van der Waals surface area contributed by atoms with Crippen molar-refractivity contribution in [2.75, 3.05) is 5.73 Å². The number of H-pyrrole nitrogens is 1. The Bertz CT molecular complexity index is 735. The van der Waals surface area contributed by atoms with Crippen molar-refractivity contribution in [1.29, 1.82) is 0 Å². The number of nitrogens with one attached hydrogen (secondary N) is 2. The van der Waals surface area contributed by atoms with Crippen molar-refractivity contribution >= 4 is 15.7 Å². The first kappa shape index (κ1) is 14.5. The van der Waals surface area contributed by atoms with E-state index in [1.807, 2.05) is 19.9 Å². The topological polar surface area (TPSA) is 101 Å². The van der Waals surface area contributed by atoms with Gasteiger partial charge in [0.2, 0.25) is 10.0 Å². The lowest BCUT2D eigenvalue weighted by Crippen LogP contribution is -2.25. The number of sulfonamides is 1. The minimum absolute atomic E-state index is 0.152. The molecule has 20 heavy (non-hydrogen) atoms. The second-order valence-electron chi connectivity index (χ2n) is 4.77. The van der Waals surface area contributed by atoms with E-state index in [0.717, 1.165) is 16.8 Å². The third-order valence-corrected chi connectivity index (χ3v) is 4.97. The zero-order valence-corrected chi connectivity index (χ0v) is 12.5. The zero-order valence-electron chi connectivity index (χ0n) is 11.7. The van der Waals surface area contributed by atoms with E-state index >= 15 is 0 Å². The molecule has 0 atom stereocenters. The van der Waals surface area contributed by atoms with Gasteiger partial charge in [-0.3, -0.25) is 5.10 Å². The summed E-state index contributed by atoms with van der Waals surface area (Å²) in [6, 6.07) is 3.42. The lowest BCUT2D eigenvalue weighted by atomic mass is 10.1. The second kappa shape index (κ2) is 5.26. The van der Waals surface area contributed by atoms with Crippen LogP contribution in [-0.4, -0.2) is 18.6 Å². The van der Waals surface area contributed by atoms with E-state index in [4.69, 9.17) is 5.73 Å². The summed E-state index contributed by atoms with van der Waals surface area (Å²) in [5, 5.41) is 6.63. The number of rotatable bonds is 4. The Labute approximate surface area is 118 Å². The standard InChI is InChI=1S/C13H18N4O2S/c1-8-4-5-12(14)13(9(8)2)20(18,19)16-7-11-6-15-17-10(11)3/h4-6,16H,7,14H2,1-3H3,(H,15,17). The average Bonchev–Trinajstić information content (AvgIpc) is 2.77. The molecule has 0 unspecified atom stereocenters. The lowest BCUT2D eigenvalue weighted by molar-refractivity contribution is 0.581. The monoisotopic (exact) mass is 294 g/mol. The third-order valence-electron chi connectivity index (χ3n) is 3.36. The van der Waals surface area contributed by atoms with Crippen LogP contribution in [-0.2, 0) is 16.6 Å². The fourth-order valence-corrected chi connectivity index (χ4v) is 3.40. The number of aromatic amines is 1. The summed E-state index contributed by atoms with van der Waals surface area (Å²) < 4.78 is 27.4. The van der Waals surface area contributed by atoms with Gasteiger partial charge in [0.1, 0.15) is 4.90 Å². The van der Waals surface area contributed by atoms with Crippen molar-refractivity contribution in [3.63, 3.8) is 0 Å². The first-order valence-electron chi connectivity index (χ1n) is 6.17. The number of hydrogen-bond donors (Lipinski definition) is 3. The number of aromatic nitrogens is 2. The van der Waals surface area contributed by atoms with Gasteiger partial charge in [0.25, 0.3) is 0 Å². The predicted molar refractivity (Wildman–Crippen MR) is 77.7 cm³/mol. The first-order chi connectivity index (χ1) is 9.33. The van der Waals surface area contributed by atoms with E-state index in [1.54, 1.807) is 19.2 Å². The number of nitrogens with zero attached hydrogens (tertiary/aromatic N) is 1.